The second kappa shape index (κ2) is 8.79. The SMILES string of the molecule is C=C(C)C(=O)O[C@H]1C[C@@H](O)[C@@]2(C)C(=O)O[C@H]3[C@H]4O[C@@H]5C[C@@H](c6ccoc6)C(C)=C5[C@@]4(C)[C@H](CC(=O)OC)[C@]1(C)[C@@H]32. The Morgan fingerprint density at radius 1 is 1.20 bits per heavy atom. The fourth-order valence-corrected chi connectivity index (χ4v) is 9.42. The highest BCUT2D eigenvalue weighted by molar-refractivity contribution is 5.87. The summed E-state index contributed by atoms with van der Waals surface area (Å²) >= 11 is 0. The molecule has 0 spiro atoms. The smallest absolute Gasteiger partial charge is 0.333 e. The number of aliphatic hydroxyl groups excluding tert-OH is 1. The maximum atomic E-state index is 13.6. The highest BCUT2D eigenvalue weighted by Crippen LogP contribution is 2.74. The van der Waals surface area contributed by atoms with Crippen LogP contribution in [0.3, 0.4) is 0 Å². The van der Waals surface area contributed by atoms with Gasteiger partial charge in [-0.05, 0) is 50.3 Å². The van der Waals surface area contributed by atoms with Gasteiger partial charge < -0.3 is 28.5 Å². The van der Waals surface area contributed by atoms with Crippen molar-refractivity contribution in [2.45, 2.75) is 90.3 Å². The third-order valence-corrected chi connectivity index (χ3v) is 11.3. The molecule has 40 heavy (non-hydrogen) atoms. The number of allylic oxidation sites excluding steroid dienone is 1. The molecule has 3 aliphatic carbocycles. The van der Waals surface area contributed by atoms with E-state index in [0.29, 0.717) is 6.42 Å². The summed E-state index contributed by atoms with van der Waals surface area (Å²) in [6, 6.07) is 1.96. The van der Waals surface area contributed by atoms with E-state index in [1.807, 2.05) is 13.0 Å². The third-order valence-electron chi connectivity index (χ3n) is 11.3. The Hall–Kier alpha value is -2.91. The average molecular weight is 555 g/mol. The summed E-state index contributed by atoms with van der Waals surface area (Å²) in [6.07, 6.45) is 0.762. The van der Waals surface area contributed by atoms with Crippen LogP contribution in [0.4, 0.5) is 0 Å². The molecule has 2 saturated heterocycles. The molecule has 2 aliphatic heterocycles. The highest BCUT2D eigenvalue weighted by atomic mass is 16.6. The predicted octanol–water partition coefficient (Wildman–Crippen LogP) is 3.86. The number of hydrogen-bond acceptors (Lipinski definition) is 9. The van der Waals surface area contributed by atoms with Gasteiger partial charge in [0.05, 0.1) is 37.3 Å². The highest BCUT2D eigenvalue weighted by Gasteiger charge is 2.80. The van der Waals surface area contributed by atoms with Crippen LogP contribution in [0.2, 0.25) is 0 Å². The van der Waals surface area contributed by atoms with E-state index >= 15 is 0 Å². The zero-order valence-electron chi connectivity index (χ0n) is 23.9. The van der Waals surface area contributed by atoms with E-state index < -0.39 is 70.4 Å². The Bertz CT molecular complexity index is 1310. The molecule has 4 fully saturated rings. The monoisotopic (exact) mass is 554 g/mol. The summed E-state index contributed by atoms with van der Waals surface area (Å²) in [5, 5.41) is 11.4. The quantitative estimate of drug-likeness (QED) is 0.250. The summed E-state index contributed by atoms with van der Waals surface area (Å²) in [7, 11) is 1.36. The number of hydrogen-bond donors (Lipinski definition) is 1. The minimum absolute atomic E-state index is 0.0218. The average Bonchev–Trinajstić information content (AvgIpc) is 3.65. The molecule has 9 nitrogen and oxygen atoms in total. The molecule has 1 N–H and O–H groups in total. The molecule has 9 heteroatoms. The van der Waals surface area contributed by atoms with E-state index in [2.05, 4.69) is 20.4 Å². The Morgan fingerprint density at radius 2 is 1.93 bits per heavy atom. The number of methoxy groups -OCH3 is 1. The normalized spacial score (nSPS) is 44.9. The Kier molecular flexibility index (Phi) is 5.99. The fourth-order valence-electron chi connectivity index (χ4n) is 9.42. The first-order valence-electron chi connectivity index (χ1n) is 14.0. The maximum absolute atomic E-state index is 13.6. The Balaban J connectivity index is 1.57. The van der Waals surface area contributed by atoms with Crippen LogP contribution < -0.4 is 0 Å². The van der Waals surface area contributed by atoms with Crippen LogP contribution in [0.5, 0.6) is 0 Å². The lowest BCUT2D eigenvalue weighted by Gasteiger charge is -2.64. The van der Waals surface area contributed by atoms with Gasteiger partial charge in [-0.1, -0.05) is 26.0 Å². The van der Waals surface area contributed by atoms with E-state index in [4.69, 9.17) is 23.4 Å². The summed E-state index contributed by atoms with van der Waals surface area (Å²) in [4.78, 5) is 39.6. The minimum Gasteiger partial charge on any atom is -0.472 e. The Morgan fingerprint density at radius 3 is 2.55 bits per heavy atom. The van der Waals surface area contributed by atoms with Gasteiger partial charge in [0.25, 0.3) is 0 Å². The molecule has 2 saturated carbocycles. The number of aliphatic hydroxyl groups is 1. The lowest BCUT2D eigenvalue weighted by atomic mass is 9.39. The van der Waals surface area contributed by atoms with Crippen molar-refractivity contribution in [2.24, 2.45) is 28.1 Å². The van der Waals surface area contributed by atoms with E-state index in [9.17, 15) is 19.5 Å². The Labute approximate surface area is 233 Å². The number of fused-ring (bicyclic) bond motifs is 4. The number of carbonyl (C=O) groups excluding carboxylic acids is 3. The second-order valence-electron chi connectivity index (χ2n) is 13.0. The van der Waals surface area contributed by atoms with Crippen LogP contribution in [0.15, 0.2) is 46.3 Å². The lowest BCUT2D eigenvalue weighted by Crippen LogP contribution is -2.71. The number of carbonyl (C=O) groups is 3. The van der Waals surface area contributed by atoms with Gasteiger partial charge in [-0.15, -0.1) is 0 Å². The molecular weight excluding hydrogens is 516 g/mol. The van der Waals surface area contributed by atoms with Gasteiger partial charge in [0.1, 0.15) is 18.3 Å². The van der Waals surface area contributed by atoms with Crippen molar-refractivity contribution in [1.82, 2.24) is 0 Å². The van der Waals surface area contributed by atoms with Gasteiger partial charge in [-0.2, -0.15) is 0 Å². The summed E-state index contributed by atoms with van der Waals surface area (Å²) in [5.74, 6) is -2.42. The van der Waals surface area contributed by atoms with Crippen molar-refractivity contribution in [1.29, 1.82) is 0 Å². The first-order chi connectivity index (χ1) is 18.8. The number of esters is 3. The van der Waals surface area contributed by atoms with E-state index in [1.54, 1.807) is 26.4 Å². The molecule has 0 bridgehead atoms. The number of rotatable bonds is 5. The van der Waals surface area contributed by atoms with Crippen LogP contribution in [0.1, 0.15) is 65.4 Å². The molecule has 1 aromatic heterocycles. The van der Waals surface area contributed by atoms with Crippen molar-refractivity contribution in [3.8, 4) is 0 Å². The molecule has 216 valence electrons. The molecule has 0 aromatic carbocycles. The maximum Gasteiger partial charge on any atom is 0.333 e. The second-order valence-corrected chi connectivity index (χ2v) is 13.0. The van der Waals surface area contributed by atoms with Crippen LogP contribution >= 0.6 is 0 Å². The summed E-state index contributed by atoms with van der Waals surface area (Å²) in [6.45, 7) is 13.2. The first kappa shape index (κ1) is 27.3. The van der Waals surface area contributed by atoms with Crippen LogP contribution in [0.25, 0.3) is 0 Å². The van der Waals surface area contributed by atoms with Crippen molar-refractivity contribution in [3.05, 3.63) is 47.5 Å². The van der Waals surface area contributed by atoms with Crippen molar-refractivity contribution in [2.75, 3.05) is 7.11 Å². The molecule has 1 aromatic rings. The standard InChI is InChI=1S/C31H38O9/c1-14(2)27(34)39-21-12-20(32)31(6)25-24(40-28(31)35)26-30(5,19(29(21,25)4)11-22(33)36-7)23-15(3)17(10-18(23)38-26)16-8-9-37-13-16/h8-9,13,17-21,24-26,32H,1,10-12H2,2-7H3/t17-,18-,19-,20-,21+,24-,25-,26-,29+,30-,31-/m1/s1. The largest absolute Gasteiger partial charge is 0.472 e. The lowest BCUT2D eigenvalue weighted by molar-refractivity contribution is -0.248. The molecule has 11 atom stereocenters. The minimum atomic E-state index is -1.26. The third kappa shape index (κ3) is 3.25. The molecule has 0 radical (unpaired) electrons. The summed E-state index contributed by atoms with van der Waals surface area (Å²) in [5.41, 5.74) is 0.567. The van der Waals surface area contributed by atoms with E-state index in [1.165, 1.54) is 7.11 Å². The van der Waals surface area contributed by atoms with Crippen molar-refractivity contribution in [3.63, 3.8) is 0 Å². The zero-order chi connectivity index (χ0) is 28.9. The van der Waals surface area contributed by atoms with Crippen LogP contribution in [0, 0.1) is 28.1 Å². The van der Waals surface area contributed by atoms with Gasteiger partial charge in [-0.3, -0.25) is 9.59 Å². The van der Waals surface area contributed by atoms with E-state index in [-0.39, 0.29) is 30.4 Å². The van der Waals surface area contributed by atoms with E-state index in [0.717, 1.165) is 16.7 Å². The fraction of sp³-hybridized carbons (Fsp3) is 0.645. The van der Waals surface area contributed by atoms with Crippen molar-refractivity contribution >= 4 is 17.9 Å². The van der Waals surface area contributed by atoms with Crippen molar-refractivity contribution < 1.29 is 42.9 Å². The molecule has 5 aliphatic rings. The van der Waals surface area contributed by atoms with Gasteiger partial charge >= 0.3 is 17.9 Å². The number of ether oxygens (including phenoxy) is 4. The molecule has 6 rings (SSSR count). The topological polar surface area (TPSA) is 122 Å². The van der Waals surface area contributed by atoms with Gasteiger partial charge in [-0.25, -0.2) is 4.79 Å². The predicted molar refractivity (Wildman–Crippen MR) is 141 cm³/mol. The molecule has 3 heterocycles. The zero-order valence-corrected chi connectivity index (χ0v) is 23.9. The molecule has 0 unspecified atom stereocenters. The molecular formula is C31H38O9. The van der Waals surface area contributed by atoms with Gasteiger partial charge in [0.15, 0.2) is 0 Å². The van der Waals surface area contributed by atoms with Crippen LogP contribution in [-0.2, 0) is 33.3 Å². The van der Waals surface area contributed by atoms with Crippen LogP contribution in [-0.4, -0.2) is 60.6 Å². The molecule has 0 amide bonds. The van der Waals surface area contributed by atoms with Gasteiger partial charge in [0, 0.05) is 41.1 Å². The van der Waals surface area contributed by atoms with Gasteiger partial charge in [0.2, 0.25) is 0 Å². The number of furan rings is 1. The summed E-state index contributed by atoms with van der Waals surface area (Å²) < 4.78 is 29.6. The first-order valence-corrected chi connectivity index (χ1v) is 14.0.